The maximum absolute atomic E-state index is 15.2. The fourth-order valence-electron chi connectivity index (χ4n) is 11.0. The summed E-state index contributed by atoms with van der Waals surface area (Å²) in [6, 6.07) is 22.9. The molecule has 22 nitrogen and oxygen atoms in total. The van der Waals surface area contributed by atoms with E-state index in [0.717, 1.165) is 26.6 Å². The molecule has 6 aromatic rings. The lowest BCUT2D eigenvalue weighted by Crippen LogP contribution is -2.61. The summed E-state index contributed by atoms with van der Waals surface area (Å²) >= 11 is 0. The minimum absolute atomic E-state index is 0.0270. The van der Waals surface area contributed by atoms with Crippen LogP contribution in [0.3, 0.4) is 0 Å². The van der Waals surface area contributed by atoms with Crippen LogP contribution in [-0.2, 0) is 64.0 Å². The van der Waals surface area contributed by atoms with E-state index >= 15 is 9.59 Å². The Bertz CT molecular complexity index is 3420. The number of carbonyl (C=O) groups excluding carboxylic acids is 8. The number of aryl methyl sites for hydroxylation is 1. The van der Waals surface area contributed by atoms with E-state index < -0.39 is 96.1 Å². The van der Waals surface area contributed by atoms with Crippen LogP contribution in [0.25, 0.3) is 21.7 Å². The van der Waals surface area contributed by atoms with Crippen LogP contribution in [0.1, 0.15) is 81.5 Å². The molecule has 8 amide bonds. The van der Waals surface area contributed by atoms with E-state index in [2.05, 4.69) is 41.9 Å². The lowest BCUT2D eigenvalue weighted by molar-refractivity contribution is -0.144. The Morgan fingerprint density at radius 3 is 2.02 bits per heavy atom. The van der Waals surface area contributed by atoms with Crippen LogP contribution >= 0.6 is 0 Å². The number of amides is 8. The molecule has 0 unspecified atom stereocenters. The van der Waals surface area contributed by atoms with Gasteiger partial charge in [0.2, 0.25) is 47.3 Å². The van der Waals surface area contributed by atoms with Crippen molar-refractivity contribution in [2.75, 3.05) is 33.3 Å². The zero-order chi connectivity index (χ0) is 63.4. The molecule has 2 heterocycles. The van der Waals surface area contributed by atoms with Crippen molar-refractivity contribution >= 4 is 74.9 Å². The number of para-hydroxylation sites is 1. The van der Waals surface area contributed by atoms with E-state index in [9.17, 15) is 43.4 Å². The number of H-pyrrole nitrogens is 1. The number of likely N-dealkylation sites (N-methyl/N-ethyl adjacent to an activating group) is 2. The second kappa shape index (κ2) is 31.8. The van der Waals surface area contributed by atoms with Gasteiger partial charge in [0.25, 0.3) is 0 Å². The molecule has 23 heteroatoms. The van der Waals surface area contributed by atoms with Crippen molar-refractivity contribution in [1.82, 2.24) is 46.7 Å². The maximum atomic E-state index is 15.2. The number of carbonyl (C=O) groups is 8. The molecule has 0 aliphatic carbocycles. The highest BCUT2D eigenvalue weighted by Crippen LogP contribution is 2.24. The minimum atomic E-state index is -1.67. The normalized spacial score (nSPS) is 15.0. The molecule has 0 spiro atoms. The van der Waals surface area contributed by atoms with Crippen molar-refractivity contribution in [3.63, 3.8) is 0 Å². The second-order valence-electron chi connectivity index (χ2n) is 22.6. The molecule has 0 bridgehead atoms. The van der Waals surface area contributed by atoms with Gasteiger partial charge in [-0.15, -0.1) is 0 Å². The highest BCUT2D eigenvalue weighted by atomic mass is 19.1. The number of phenolic OH excluding ortho intramolecular Hbond substituents is 1. The fourth-order valence-corrected chi connectivity index (χ4v) is 11.0. The van der Waals surface area contributed by atoms with Gasteiger partial charge in [-0.3, -0.25) is 43.3 Å². The number of rotatable bonds is 30. The fraction of sp³-hybridized carbons (Fsp3) is 0.400. The van der Waals surface area contributed by atoms with E-state index in [0.29, 0.717) is 41.6 Å². The molecule has 88 heavy (non-hydrogen) atoms. The summed E-state index contributed by atoms with van der Waals surface area (Å²) in [7, 11) is 1.31. The first-order chi connectivity index (χ1) is 42.2. The lowest BCUT2D eigenvalue weighted by atomic mass is 9.97. The molecule has 1 saturated heterocycles. The molecule has 0 radical (unpaired) electrons. The predicted molar refractivity (Wildman–Crippen MR) is 332 cm³/mol. The van der Waals surface area contributed by atoms with Crippen LogP contribution in [0.4, 0.5) is 4.39 Å². The number of aromatic hydroxyl groups is 1. The number of hydrogen-bond donors (Lipinski definition) is 11. The van der Waals surface area contributed by atoms with E-state index in [4.69, 9.17) is 11.5 Å². The number of aliphatic hydroxyl groups excluding tert-OH is 1. The number of nitrogens with zero attached hydrogens (tertiary/aromatic N) is 3. The highest BCUT2D eigenvalue weighted by Gasteiger charge is 2.40. The van der Waals surface area contributed by atoms with Crippen molar-refractivity contribution in [1.29, 1.82) is 0 Å². The summed E-state index contributed by atoms with van der Waals surface area (Å²) in [5, 5.41) is 40.4. The third-order valence-corrected chi connectivity index (χ3v) is 15.6. The van der Waals surface area contributed by atoms with Gasteiger partial charge in [0.15, 0.2) is 5.96 Å². The standard InChI is InChI=1S/C65H81FN12O10/c1-5-69-61(85)55-20-12-32-78(55)64(88)50(19-11-31-70-65(67)68)73-58(82)51(33-39(2)3)74-60(84)53(36-44-37-71-49-18-9-8-17-48(44)49)75-62(86)56(34-41-23-28-46(80)29-24-41)77(4)63(87)54(38-79)76-59(83)52(35-43-15-10-14-42-13-6-7-16-47(42)43)72-57(81)30-25-40-21-26-45(66)27-22-40/h6-10,13-18,21-24,26-29,37,39,50-56,71,79-80H,5,11-12,19-20,25,30-36,38H2,1-4H3,(H,69,85)(H,72,81)(H,73,82)(H,74,84)(H,75,86)(H,76,83)(H4,67,68,70)/t50-,51-,52+,53+,54-,55-,56-/m0/s1. The van der Waals surface area contributed by atoms with Crippen LogP contribution in [0.2, 0.25) is 0 Å². The van der Waals surface area contributed by atoms with E-state index in [1.54, 1.807) is 37.4 Å². The van der Waals surface area contributed by atoms with Crippen molar-refractivity contribution < 1.29 is 53.0 Å². The summed E-state index contributed by atoms with van der Waals surface area (Å²) in [5.74, 6) is -6.25. The van der Waals surface area contributed by atoms with Crippen LogP contribution in [-0.4, -0.2) is 154 Å². The van der Waals surface area contributed by atoms with Gasteiger partial charge in [0, 0.05) is 69.5 Å². The van der Waals surface area contributed by atoms with E-state index in [1.807, 2.05) is 80.6 Å². The molecule has 7 atom stereocenters. The minimum Gasteiger partial charge on any atom is -0.508 e. The predicted octanol–water partition coefficient (Wildman–Crippen LogP) is 3.30. The number of likely N-dealkylation sites (tertiary alicyclic amines) is 1. The number of phenols is 1. The van der Waals surface area contributed by atoms with Crippen LogP contribution in [0.15, 0.2) is 126 Å². The summed E-state index contributed by atoms with van der Waals surface area (Å²) in [4.78, 5) is 125. The smallest absolute Gasteiger partial charge is 0.247 e. The Morgan fingerprint density at radius 2 is 1.33 bits per heavy atom. The number of aromatic nitrogens is 1. The number of fused-ring (bicyclic) bond motifs is 2. The van der Waals surface area contributed by atoms with Crippen molar-refractivity contribution in [2.45, 2.75) is 127 Å². The molecular weight excluding hydrogens is 1130 g/mol. The number of aliphatic hydroxyl groups is 1. The molecule has 1 aliphatic heterocycles. The molecule has 7 rings (SSSR count). The number of halogens is 1. The first-order valence-electron chi connectivity index (χ1n) is 29.8. The van der Waals surface area contributed by atoms with Gasteiger partial charge in [-0.2, -0.15) is 0 Å². The molecule has 5 aromatic carbocycles. The quantitative estimate of drug-likeness (QED) is 0.0176. The van der Waals surface area contributed by atoms with Gasteiger partial charge >= 0.3 is 0 Å². The first-order valence-corrected chi connectivity index (χ1v) is 29.8. The van der Waals surface area contributed by atoms with Gasteiger partial charge in [0.1, 0.15) is 53.9 Å². The first kappa shape index (κ1) is 66.2. The molecule has 1 aromatic heterocycles. The van der Waals surface area contributed by atoms with Crippen LogP contribution < -0.4 is 43.4 Å². The number of guanidine groups is 1. The average molecular weight is 1210 g/mol. The third kappa shape index (κ3) is 18.3. The van der Waals surface area contributed by atoms with Crippen molar-refractivity contribution in [2.24, 2.45) is 22.4 Å². The Labute approximate surface area is 510 Å². The second-order valence-corrected chi connectivity index (χ2v) is 22.6. The highest BCUT2D eigenvalue weighted by molar-refractivity contribution is 5.99. The monoisotopic (exact) mass is 1210 g/mol. The van der Waals surface area contributed by atoms with Crippen LogP contribution in [0.5, 0.6) is 5.75 Å². The molecular formula is C65H81FN12O10. The van der Waals surface area contributed by atoms with Crippen LogP contribution in [0, 0.1) is 11.7 Å². The van der Waals surface area contributed by atoms with Crippen molar-refractivity contribution in [3.8, 4) is 5.75 Å². The third-order valence-electron chi connectivity index (χ3n) is 15.6. The lowest BCUT2D eigenvalue weighted by Gasteiger charge is -2.32. The van der Waals surface area contributed by atoms with Gasteiger partial charge in [-0.1, -0.05) is 98.8 Å². The van der Waals surface area contributed by atoms with Gasteiger partial charge in [-0.25, -0.2) is 4.39 Å². The number of nitrogens with two attached hydrogens (primary N) is 2. The number of benzene rings is 5. The Hall–Kier alpha value is -9.38. The Balaban J connectivity index is 1.16. The average Bonchev–Trinajstić information content (AvgIpc) is 3.89. The van der Waals surface area contributed by atoms with E-state index in [-0.39, 0.29) is 88.0 Å². The number of nitrogens with one attached hydrogen (secondary N) is 7. The van der Waals surface area contributed by atoms with Gasteiger partial charge in [-0.05, 0) is 115 Å². The van der Waals surface area contributed by atoms with Gasteiger partial charge in [0.05, 0.1) is 6.61 Å². The maximum Gasteiger partial charge on any atom is 0.247 e. The zero-order valence-corrected chi connectivity index (χ0v) is 50.1. The van der Waals surface area contributed by atoms with E-state index in [1.165, 1.54) is 36.2 Å². The number of hydrogen-bond acceptors (Lipinski definition) is 11. The van der Waals surface area contributed by atoms with Crippen molar-refractivity contribution in [3.05, 3.63) is 150 Å². The Morgan fingerprint density at radius 1 is 0.716 bits per heavy atom. The number of aliphatic imine (C=N–C) groups is 1. The molecule has 468 valence electrons. The summed E-state index contributed by atoms with van der Waals surface area (Å²) < 4.78 is 13.7. The summed E-state index contributed by atoms with van der Waals surface area (Å²) in [6.45, 7) is 5.30. The molecule has 0 saturated carbocycles. The summed E-state index contributed by atoms with van der Waals surface area (Å²) in [5.41, 5.74) is 14.4. The molecule has 1 fully saturated rings. The SMILES string of the molecule is CCNC(=O)[C@@H]1CCCN1C(=O)[C@H](CCCN=C(N)N)NC(=O)[C@H](CC(C)C)NC(=O)[C@@H](Cc1c[nH]c2ccccc12)NC(=O)[C@H](Cc1ccc(O)cc1)N(C)C(=O)[C@H](CO)NC(=O)[C@@H](Cc1cccc2ccccc12)NC(=O)CCc1ccc(F)cc1. The Kier molecular flexibility index (Phi) is 23.9. The zero-order valence-electron chi connectivity index (χ0n) is 50.1. The van der Waals surface area contributed by atoms with Gasteiger partial charge < -0.3 is 68.4 Å². The number of aromatic amines is 1. The largest absolute Gasteiger partial charge is 0.508 e. The molecule has 1 aliphatic rings. The molecule has 13 N–H and O–H groups in total. The summed E-state index contributed by atoms with van der Waals surface area (Å²) in [6.07, 6.45) is 2.92. The topological polar surface area (TPSA) is 336 Å².